The Morgan fingerprint density at radius 2 is 2.07 bits per heavy atom. The lowest BCUT2D eigenvalue weighted by atomic mass is 10.0. The SMILES string of the molecule is CCC1CCCCN1CCNC(=NC)NCc1ccnc2ccccc12.I. The fraction of sp³-hybridized carbons (Fsp3) is 0.524. The summed E-state index contributed by atoms with van der Waals surface area (Å²) < 4.78 is 0. The van der Waals surface area contributed by atoms with Crippen molar-refractivity contribution in [1.82, 2.24) is 20.5 Å². The molecule has 1 aliphatic heterocycles. The molecule has 2 heterocycles. The molecule has 5 nitrogen and oxygen atoms in total. The van der Waals surface area contributed by atoms with Crippen LogP contribution in [0.15, 0.2) is 41.5 Å². The summed E-state index contributed by atoms with van der Waals surface area (Å²) in [5.74, 6) is 0.857. The molecule has 6 heteroatoms. The van der Waals surface area contributed by atoms with Crippen molar-refractivity contribution in [2.24, 2.45) is 4.99 Å². The number of para-hydroxylation sites is 1. The molecule has 2 N–H and O–H groups in total. The molecule has 2 aromatic rings. The molecule has 1 aromatic heterocycles. The summed E-state index contributed by atoms with van der Waals surface area (Å²) in [6.45, 7) is 6.28. The second kappa shape index (κ2) is 11.4. The van der Waals surface area contributed by atoms with Gasteiger partial charge in [-0.3, -0.25) is 14.9 Å². The number of likely N-dealkylation sites (tertiary alicyclic amines) is 1. The zero-order valence-corrected chi connectivity index (χ0v) is 18.8. The maximum atomic E-state index is 4.43. The van der Waals surface area contributed by atoms with E-state index in [1.165, 1.54) is 43.2 Å². The molecular weight excluding hydrogens is 449 g/mol. The van der Waals surface area contributed by atoms with Gasteiger partial charge in [0.25, 0.3) is 0 Å². The Balaban J connectivity index is 0.00000261. The van der Waals surface area contributed by atoms with E-state index < -0.39 is 0 Å². The Hall–Kier alpha value is -1.41. The summed E-state index contributed by atoms with van der Waals surface area (Å²) in [7, 11) is 1.83. The Morgan fingerprint density at radius 1 is 1.22 bits per heavy atom. The van der Waals surface area contributed by atoms with Gasteiger partial charge in [0, 0.05) is 44.3 Å². The second-order valence-electron chi connectivity index (χ2n) is 6.93. The molecule has 0 aliphatic carbocycles. The Morgan fingerprint density at radius 3 is 2.89 bits per heavy atom. The van der Waals surface area contributed by atoms with Gasteiger partial charge in [0.2, 0.25) is 0 Å². The van der Waals surface area contributed by atoms with Gasteiger partial charge in [-0.1, -0.05) is 31.5 Å². The minimum Gasteiger partial charge on any atom is -0.355 e. The van der Waals surface area contributed by atoms with Crippen LogP contribution in [0.25, 0.3) is 10.9 Å². The molecule has 1 aromatic carbocycles. The van der Waals surface area contributed by atoms with Gasteiger partial charge >= 0.3 is 0 Å². The lowest BCUT2D eigenvalue weighted by Gasteiger charge is -2.35. The van der Waals surface area contributed by atoms with Gasteiger partial charge in [0.15, 0.2) is 5.96 Å². The van der Waals surface area contributed by atoms with E-state index in [0.717, 1.165) is 37.2 Å². The predicted molar refractivity (Wildman–Crippen MR) is 125 cm³/mol. The summed E-state index contributed by atoms with van der Waals surface area (Å²) in [6.07, 6.45) is 7.18. The van der Waals surface area contributed by atoms with E-state index in [1.54, 1.807) is 0 Å². The first-order valence-corrected chi connectivity index (χ1v) is 9.83. The maximum Gasteiger partial charge on any atom is 0.191 e. The van der Waals surface area contributed by atoms with Crippen LogP contribution in [-0.4, -0.2) is 48.6 Å². The molecule has 148 valence electrons. The van der Waals surface area contributed by atoms with Crippen molar-refractivity contribution in [3.05, 3.63) is 42.1 Å². The van der Waals surface area contributed by atoms with Crippen molar-refractivity contribution in [1.29, 1.82) is 0 Å². The molecule has 0 amide bonds. The molecule has 1 atom stereocenters. The fourth-order valence-electron chi connectivity index (χ4n) is 3.84. The van der Waals surface area contributed by atoms with Crippen LogP contribution in [0, 0.1) is 0 Å². The third kappa shape index (κ3) is 6.04. The first-order chi connectivity index (χ1) is 12.8. The maximum absolute atomic E-state index is 4.43. The largest absolute Gasteiger partial charge is 0.355 e. The summed E-state index contributed by atoms with van der Waals surface area (Å²) in [5.41, 5.74) is 2.27. The van der Waals surface area contributed by atoms with Crippen molar-refractivity contribution < 1.29 is 0 Å². The van der Waals surface area contributed by atoms with E-state index in [1.807, 2.05) is 19.3 Å². The highest BCUT2D eigenvalue weighted by Gasteiger charge is 2.19. The zero-order valence-electron chi connectivity index (χ0n) is 16.4. The zero-order chi connectivity index (χ0) is 18.2. The Bertz CT molecular complexity index is 728. The summed E-state index contributed by atoms with van der Waals surface area (Å²) in [5, 5.41) is 8.09. The number of aliphatic imine (C=N–C) groups is 1. The molecule has 0 saturated carbocycles. The van der Waals surface area contributed by atoms with Crippen LogP contribution in [0.3, 0.4) is 0 Å². The van der Waals surface area contributed by atoms with Crippen LogP contribution in [0.5, 0.6) is 0 Å². The van der Waals surface area contributed by atoms with Gasteiger partial charge in [-0.25, -0.2) is 0 Å². The molecule has 0 radical (unpaired) electrons. The van der Waals surface area contributed by atoms with E-state index in [4.69, 9.17) is 0 Å². The summed E-state index contributed by atoms with van der Waals surface area (Å²) in [6, 6.07) is 11.1. The molecule has 0 spiro atoms. The van der Waals surface area contributed by atoms with Crippen molar-refractivity contribution >= 4 is 40.8 Å². The number of fused-ring (bicyclic) bond motifs is 1. The molecule has 1 fully saturated rings. The van der Waals surface area contributed by atoms with Crippen molar-refractivity contribution in [3.63, 3.8) is 0 Å². The fourth-order valence-corrected chi connectivity index (χ4v) is 3.84. The molecular formula is C21H32IN5. The van der Waals surface area contributed by atoms with E-state index in [-0.39, 0.29) is 24.0 Å². The van der Waals surface area contributed by atoms with Gasteiger partial charge in [0.05, 0.1) is 5.52 Å². The van der Waals surface area contributed by atoms with Crippen LogP contribution < -0.4 is 10.6 Å². The average Bonchev–Trinajstić information content (AvgIpc) is 2.70. The number of aromatic nitrogens is 1. The minimum absolute atomic E-state index is 0. The highest BCUT2D eigenvalue weighted by molar-refractivity contribution is 14.0. The molecule has 3 rings (SSSR count). The molecule has 1 aliphatic rings. The van der Waals surface area contributed by atoms with Crippen molar-refractivity contribution in [3.8, 4) is 0 Å². The molecule has 27 heavy (non-hydrogen) atoms. The van der Waals surface area contributed by atoms with E-state index in [0.29, 0.717) is 0 Å². The number of rotatable bonds is 6. The number of hydrogen-bond donors (Lipinski definition) is 2. The van der Waals surface area contributed by atoms with Gasteiger partial charge in [-0.2, -0.15) is 0 Å². The van der Waals surface area contributed by atoms with Crippen molar-refractivity contribution in [2.75, 3.05) is 26.7 Å². The standard InChI is InChI=1S/C21H31N5.HI/c1-3-18-8-6-7-14-26(18)15-13-24-21(22-2)25-16-17-11-12-23-20-10-5-4-9-19(17)20;/h4-5,9-12,18H,3,6-8,13-16H2,1-2H3,(H2,22,24,25);1H. The van der Waals surface area contributed by atoms with Crippen LogP contribution in [0.4, 0.5) is 0 Å². The highest BCUT2D eigenvalue weighted by Crippen LogP contribution is 2.18. The topological polar surface area (TPSA) is 52.5 Å². The predicted octanol–water partition coefficient (Wildman–Crippen LogP) is 3.78. The number of nitrogens with one attached hydrogen (secondary N) is 2. The molecule has 1 unspecified atom stereocenters. The lowest BCUT2D eigenvalue weighted by Crippen LogP contribution is -2.45. The van der Waals surface area contributed by atoms with Crippen LogP contribution in [0.2, 0.25) is 0 Å². The molecule has 0 bridgehead atoms. The number of guanidine groups is 1. The monoisotopic (exact) mass is 481 g/mol. The lowest BCUT2D eigenvalue weighted by molar-refractivity contribution is 0.147. The number of hydrogen-bond acceptors (Lipinski definition) is 3. The average molecular weight is 481 g/mol. The van der Waals surface area contributed by atoms with Crippen LogP contribution >= 0.6 is 24.0 Å². The first kappa shape index (κ1) is 21.9. The third-order valence-corrected chi connectivity index (χ3v) is 5.32. The summed E-state index contributed by atoms with van der Waals surface area (Å²) in [4.78, 5) is 11.4. The quantitative estimate of drug-likeness (QED) is 0.375. The van der Waals surface area contributed by atoms with Crippen LogP contribution in [-0.2, 0) is 6.54 Å². The normalized spacial score (nSPS) is 18.1. The van der Waals surface area contributed by atoms with Crippen LogP contribution in [0.1, 0.15) is 38.2 Å². The van der Waals surface area contributed by atoms with E-state index in [2.05, 4.69) is 56.7 Å². The number of halogens is 1. The molecule has 1 saturated heterocycles. The third-order valence-electron chi connectivity index (χ3n) is 5.32. The first-order valence-electron chi connectivity index (χ1n) is 9.83. The van der Waals surface area contributed by atoms with Crippen molar-refractivity contribution in [2.45, 2.75) is 45.2 Å². The van der Waals surface area contributed by atoms with Gasteiger partial charge in [-0.15, -0.1) is 24.0 Å². The van der Waals surface area contributed by atoms with Gasteiger partial charge in [0.1, 0.15) is 0 Å². The second-order valence-corrected chi connectivity index (χ2v) is 6.93. The number of pyridine rings is 1. The minimum atomic E-state index is 0. The Labute approximate surface area is 180 Å². The summed E-state index contributed by atoms with van der Waals surface area (Å²) >= 11 is 0. The smallest absolute Gasteiger partial charge is 0.191 e. The highest BCUT2D eigenvalue weighted by atomic mass is 127. The van der Waals surface area contributed by atoms with E-state index >= 15 is 0 Å². The van der Waals surface area contributed by atoms with Gasteiger partial charge in [-0.05, 0) is 43.5 Å². The number of nitrogens with zero attached hydrogens (tertiary/aromatic N) is 3. The number of piperidine rings is 1. The van der Waals surface area contributed by atoms with E-state index in [9.17, 15) is 0 Å². The number of benzene rings is 1. The Kier molecular flexibility index (Phi) is 9.27. The van der Waals surface area contributed by atoms with Gasteiger partial charge < -0.3 is 10.6 Å².